The normalized spacial score (nSPS) is 21.3. The molecule has 2 aliphatic rings. The summed E-state index contributed by atoms with van der Waals surface area (Å²) in [4.78, 5) is 14.8. The van der Waals surface area contributed by atoms with E-state index in [0.29, 0.717) is 11.3 Å². The van der Waals surface area contributed by atoms with Crippen LogP contribution in [0.15, 0.2) is 133 Å². The number of ketones is 1. The first-order valence-electron chi connectivity index (χ1n) is 18.5. The highest BCUT2D eigenvalue weighted by atomic mass is 28.4. The molecular weight excluding hydrogens is 709 g/mol. The van der Waals surface area contributed by atoms with Crippen molar-refractivity contribution in [1.29, 1.82) is 0 Å². The number of epoxide rings is 1. The van der Waals surface area contributed by atoms with Crippen molar-refractivity contribution in [3.63, 3.8) is 0 Å². The topological polar surface area (TPSA) is 97.8 Å². The molecule has 1 aliphatic heterocycles. The Morgan fingerprint density at radius 3 is 1.50 bits per heavy atom. The lowest BCUT2D eigenvalue weighted by atomic mass is 9.73. The fourth-order valence-electron chi connectivity index (χ4n) is 8.90. The Morgan fingerprint density at radius 2 is 1.11 bits per heavy atom. The molecule has 1 fully saturated rings. The summed E-state index contributed by atoms with van der Waals surface area (Å²) in [6.07, 6.45) is -0.970. The van der Waals surface area contributed by atoms with Gasteiger partial charge in [-0.2, -0.15) is 0 Å². The predicted molar refractivity (Wildman–Crippen MR) is 218 cm³/mol. The SMILES string of the molecule is COc1cc(O)c2c(c1)[C@@H](O[Si](c1ccccc1)(c1ccccc1)C(C)(C)C)[C@]1(CO[Si](c3ccccc3)(c3ccccc3)C(C)(C)C)O[C@]1(CO)C2=O. The van der Waals surface area contributed by atoms with Gasteiger partial charge in [0, 0.05) is 11.6 Å². The van der Waals surface area contributed by atoms with Crippen LogP contribution in [0.1, 0.15) is 63.6 Å². The summed E-state index contributed by atoms with van der Waals surface area (Å²) in [7, 11) is -5.02. The number of Topliss-reactive ketones (excluding diaryl/α,β-unsaturated/α-hetero) is 1. The largest absolute Gasteiger partial charge is 0.507 e. The standard InChI is InChI=1S/C45H50O7Si2/c1-42(2,3)53(33-20-12-8-13-21-33,34-22-14-9-15-23-34)50-31-45-41(37-28-32(49-7)29-38(47)39(37)40(48)44(45,30-46)52-45)51-54(43(4,5)6,35-24-16-10-17-25-35)36-26-18-11-19-27-36/h8-29,41,46-47H,30-31H2,1-7H3/t41-,44-,45+/m1/s1. The smallest absolute Gasteiger partial charge is 0.262 e. The number of aliphatic hydroxyl groups excluding tert-OH is 1. The summed E-state index contributed by atoms with van der Waals surface area (Å²) in [6, 6.07) is 44.3. The molecule has 1 heterocycles. The zero-order valence-electron chi connectivity index (χ0n) is 32.1. The molecule has 0 amide bonds. The second kappa shape index (κ2) is 13.7. The van der Waals surface area contributed by atoms with Gasteiger partial charge in [0.15, 0.2) is 11.2 Å². The molecular formula is C45H50O7Si2. The van der Waals surface area contributed by atoms with Crippen LogP contribution in [0, 0.1) is 0 Å². The number of hydrogen-bond donors (Lipinski definition) is 2. The van der Waals surface area contributed by atoms with E-state index >= 15 is 0 Å². The van der Waals surface area contributed by atoms with Gasteiger partial charge in [0.05, 0.1) is 25.9 Å². The van der Waals surface area contributed by atoms with Crippen molar-refractivity contribution in [2.24, 2.45) is 0 Å². The third kappa shape index (κ3) is 5.63. The molecule has 0 aromatic heterocycles. The van der Waals surface area contributed by atoms with E-state index in [0.717, 1.165) is 20.7 Å². The monoisotopic (exact) mass is 758 g/mol. The first kappa shape index (κ1) is 37.9. The zero-order valence-corrected chi connectivity index (χ0v) is 34.1. The third-order valence-electron chi connectivity index (χ3n) is 11.5. The van der Waals surface area contributed by atoms with E-state index in [1.807, 2.05) is 72.8 Å². The minimum atomic E-state index is -3.36. The summed E-state index contributed by atoms with van der Waals surface area (Å²) in [5.41, 5.74) is -2.69. The highest BCUT2D eigenvalue weighted by Gasteiger charge is 2.82. The van der Waals surface area contributed by atoms with Crippen molar-refractivity contribution in [2.75, 3.05) is 20.3 Å². The van der Waals surface area contributed by atoms with Crippen molar-refractivity contribution in [3.05, 3.63) is 145 Å². The van der Waals surface area contributed by atoms with Gasteiger partial charge in [-0.05, 0) is 36.9 Å². The van der Waals surface area contributed by atoms with E-state index in [2.05, 4.69) is 90.1 Å². The van der Waals surface area contributed by atoms with Gasteiger partial charge in [0.2, 0.25) is 5.78 Å². The molecule has 1 saturated heterocycles. The molecule has 0 spiro atoms. The van der Waals surface area contributed by atoms with E-state index in [-0.39, 0.29) is 23.0 Å². The molecule has 0 saturated carbocycles. The first-order valence-corrected chi connectivity index (χ1v) is 22.3. The number of phenols is 1. The van der Waals surface area contributed by atoms with Gasteiger partial charge >= 0.3 is 0 Å². The van der Waals surface area contributed by atoms with Gasteiger partial charge < -0.3 is 28.5 Å². The van der Waals surface area contributed by atoms with Gasteiger partial charge in [-0.15, -0.1) is 0 Å². The number of carbonyl (C=O) groups excluding carboxylic acids is 1. The van der Waals surface area contributed by atoms with Crippen LogP contribution in [-0.4, -0.2) is 64.2 Å². The molecule has 5 aromatic carbocycles. The highest BCUT2D eigenvalue weighted by molar-refractivity contribution is 7.00. The minimum Gasteiger partial charge on any atom is -0.507 e. The lowest BCUT2D eigenvalue weighted by Crippen LogP contribution is -2.69. The quantitative estimate of drug-likeness (QED) is 0.121. The van der Waals surface area contributed by atoms with E-state index in [1.165, 1.54) is 13.2 Å². The van der Waals surface area contributed by atoms with Gasteiger partial charge in [-0.3, -0.25) is 4.79 Å². The van der Waals surface area contributed by atoms with Crippen molar-refractivity contribution in [1.82, 2.24) is 0 Å². The lowest BCUT2D eigenvalue weighted by molar-refractivity contribution is 0.0472. The average molecular weight is 759 g/mol. The Kier molecular flexibility index (Phi) is 9.65. The Hall–Kier alpha value is -4.36. The zero-order chi connectivity index (χ0) is 38.6. The van der Waals surface area contributed by atoms with Crippen LogP contribution in [-0.2, 0) is 13.6 Å². The molecule has 280 valence electrons. The van der Waals surface area contributed by atoms with Crippen LogP contribution in [0.2, 0.25) is 10.1 Å². The number of rotatable bonds is 11. The molecule has 0 radical (unpaired) electrons. The van der Waals surface area contributed by atoms with Crippen LogP contribution in [0.5, 0.6) is 11.5 Å². The number of aliphatic hydroxyl groups is 1. The Morgan fingerprint density at radius 1 is 0.685 bits per heavy atom. The Bertz CT molecular complexity index is 2040. The number of methoxy groups -OCH3 is 1. The highest BCUT2D eigenvalue weighted by Crippen LogP contribution is 2.65. The van der Waals surface area contributed by atoms with Gasteiger partial charge in [0.1, 0.15) is 17.6 Å². The maximum Gasteiger partial charge on any atom is 0.262 e. The van der Waals surface area contributed by atoms with E-state index in [1.54, 1.807) is 6.07 Å². The Balaban J connectivity index is 1.50. The van der Waals surface area contributed by atoms with Crippen LogP contribution >= 0.6 is 0 Å². The van der Waals surface area contributed by atoms with Crippen molar-refractivity contribution < 1.29 is 33.3 Å². The van der Waals surface area contributed by atoms with Crippen LogP contribution in [0.4, 0.5) is 0 Å². The number of aromatic hydroxyl groups is 1. The van der Waals surface area contributed by atoms with E-state index in [9.17, 15) is 15.0 Å². The second-order valence-electron chi connectivity index (χ2n) is 16.5. The summed E-state index contributed by atoms with van der Waals surface area (Å²) in [5, 5.41) is 26.3. The number of ether oxygens (including phenoxy) is 2. The van der Waals surface area contributed by atoms with E-state index < -0.39 is 51.4 Å². The van der Waals surface area contributed by atoms with Crippen LogP contribution < -0.4 is 25.5 Å². The fraction of sp³-hybridized carbons (Fsp3) is 0.311. The van der Waals surface area contributed by atoms with E-state index in [4.69, 9.17) is 18.3 Å². The maximum absolute atomic E-state index is 14.8. The van der Waals surface area contributed by atoms with Gasteiger partial charge in [-0.25, -0.2) is 0 Å². The Labute approximate surface area is 320 Å². The maximum atomic E-state index is 14.8. The molecule has 54 heavy (non-hydrogen) atoms. The lowest BCUT2D eigenvalue weighted by Gasteiger charge is -2.48. The molecule has 0 bridgehead atoms. The van der Waals surface area contributed by atoms with Crippen LogP contribution in [0.3, 0.4) is 0 Å². The average Bonchev–Trinajstić information content (AvgIpc) is 3.86. The molecule has 5 aromatic rings. The molecule has 7 rings (SSSR count). The molecule has 0 unspecified atom stereocenters. The molecule has 1 aliphatic carbocycles. The number of phenolic OH excluding ortho intramolecular Hbond substituents is 1. The predicted octanol–water partition coefficient (Wildman–Crippen LogP) is 6.29. The summed E-state index contributed by atoms with van der Waals surface area (Å²) >= 11 is 0. The summed E-state index contributed by atoms with van der Waals surface area (Å²) < 4.78 is 28.0. The number of hydrogen-bond acceptors (Lipinski definition) is 7. The van der Waals surface area contributed by atoms with Crippen molar-refractivity contribution in [3.8, 4) is 11.5 Å². The number of fused-ring (bicyclic) bond motifs is 2. The van der Waals surface area contributed by atoms with Crippen molar-refractivity contribution >= 4 is 43.2 Å². The molecule has 2 N–H and O–H groups in total. The number of benzene rings is 5. The minimum absolute atomic E-state index is 0.0614. The molecule has 9 heteroatoms. The molecule has 3 atom stereocenters. The first-order chi connectivity index (χ1) is 25.7. The molecule has 7 nitrogen and oxygen atoms in total. The third-order valence-corrected chi connectivity index (χ3v) is 21.5. The number of carbonyl (C=O) groups is 1. The summed E-state index contributed by atoms with van der Waals surface area (Å²) in [6.45, 7) is 12.5. The van der Waals surface area contributed by atoms with Crippen molar-refractivity contribution in [2.45, 2.75) is 68.9 Å². The summed E-state index contributed by atoms with van der Waals surface area (Å²) in [5.74, 6) is -0.390. The fourth-order valence-corrected chi connectivity index (χ4v) is 18.2. The van der Waals surface area contributed by atoms with Gasteiger partial charge in [-0.1, -0.05) is 163 Å². The second-order valence-corrected chi connectivity index (χ2v) is 25.1. The van der Waals surface area contributed by atoms with Crippen LogP contribution in [0.25, 0.3) is 0 Å². The van der Waals surface area contributed by atoms with Gasteiger partial charge in [0.25, 0.3) is 16.6 Å².